The van der Waals surface area contributed by atoms with Crippen LogP contribution in [-0.2, 0) is 4.74 Å². The zero-order valence-electron chi connectivity index (χ0n) is 14.7. The lowest BCUT2D eigenvalue weighted by Crippen LogP contribution is -2.39. The monoisotopic (exact) mass is 315 g/mol. The molecule has 2 aliphatic rings. The van der Waals surface area contributed by atoms with Crippen molar-refractivity contribution >= 4 is 6.09 Å². The van der Waals surface area contributed by atoms with Crippen LogP contribution in [0, 0.1) is 11.8 Å². The molecule has 126 valence electrons. The summed E-state index contributed by atoms with van der Waals surface area (Å²) in [6, 6.07) is 0.118. The molecule has 1 amide bonds. The predicted octanol–water partition coefficient (Wildman–Crippen LogP) is 4.92. The van der Waals surface area contributed by atoms with Gasteiger partial charge in [-0.2, -0.15) is 0 Å². The highest BCUT2D eigenvalue weighted by molar-refractivity contribution is 5.68. The number of fused-ring (bicyclic) bond motifs is 1. The first-order chi connectivity index (χ1) is 10.9. The highest BCUT2D eigenvalue weighted by atomic mass is 16.6. The summed E-state index contributed by atoms with van der Waals surface area (Å²) in [6.07, 6.45) is 17.8. The highest BCUT2D eigenvalue weighted by Gasteiger charge is 2.26. The summed E-state index contributed by atoms with van der Waals surface area (Å²) in [5, 5.41) is 3.05. The standard InChI is InChI=1S/C20H29NO2/c1-5-9-17(21-19(22)23-20(2,3)4)14-16-12-8-11-15-10-6-7-13-18(15)16/h6-8,10-13,15,17-18H,5,9,14H2,1-4H3,(H,21,22)/t15?,17-,18?/m0/s1. The number of amides is 1. The molecule has 0 fully saturated rings. The molecule has 2 unspecified atom stereocenters. The number of ether oxygens (including phenoxy) is 1. The number of rotatable bonds is 5. The van der Waals surface area contributed by atoms with Crippen molar-refractivity contribution in [3.63, 3.8) is 0 Å². The van der Waals surface area contributed by atoms with Gasteiger partial charge in [0.2, 0.25) is 0 Å². The zero-order chi connectivity index (χ0) is 16.9. The van der Waals surface area contributed by atoms with Crippen molar-refractivity contribution < 1.29 is 9.53 Å². The van der Waals surface area contributed by atoms with Crippen LogP contribution >= 0.6 is 0 Å². The molecule has 2 aliphatic carbocycles. The highest BCUT2D eigenvalue weighted by Crippen LogP contribution is 2.34. The Hall–Kier alpha value is -1.77. The van der Waals surface area contributed by atoms with Crippen LogP contribution in [0.3, 0.4) is 0 Å². The van der Waals surface area contributed by atoms with E-state index in [1.165, 1.54) is 5.57 Å². The lowest BCUT2D eigenvalue weighted by molar-refractivity contribution is 0.0501. The summed E-state index contributed by atoms with van der Waals surface area (Å²) in [4.78, 5) is 12.1. The molecule has 23 heavy (non-hydrogen) atoms. The molecule has 3 heteroatoms. The number of carbonyl (C=O) groups excluding carboxylic acids is 1. The minimum atomic E-state index is -0.463. The van der Waals surface area contributed by atoms with E-state index in [2.05, 4.69) is 54.8 Å². The van der Waals surface area contributed by atoms with Gasteiger partial charge in [0.15, 0.2) is 0 Å². The van der Waals surface area contributed by atoms with E-state index in [4.69, 9.17) is 4.74 Å². The summed E-state index contributed by atoms with van der Waals surface area (Å²) < 4.78 is 5.40. The second kappa shape index (κ2) is 7.67. The van der Waals surface area contributed by atoms with E-state index < -0.39 is 5.60 Å². The third kappa shape index (κ3) is 5.42. The fraction of sp³-hybridized carbons (Fsp3) is 0.550. The van der Waals surface area contributed by atoms with Gasteiger partial charge in [-0.1, -0.05) is 61.4 Å². The van der Waals surface area contributed by atoms with E-state index in [1.54, 1.807) is 0 Å². The average Bonchev–Trinajstić information content (AvgIpc) is 2.46. The number of allylic oxidation sites excluding steroid dienone is 7. The van der Waals surface area contributed by atoms with Crippen LogP contribution in [0.5, 0.6) is 0 Å². The molecule has 3 atom stereocenters. The summed E-state index contributed by atoms with van der Waals surface area (Å²) in [5.41, 5.74) is 0.919. The van der Waals surface area contributed by atoms with E-state index in [-0.39, 0.29) is 12.1 Å². The molecule has 0 aromatic carbocycles. The molecule has 3 nitrogen and oxygen atoms in total. The fourth-order valence-electron chi connectivity index (χ4n) is 3.13. The maximum atomic E-state index is 12.1. The summed E-state index contributed by atoms with van der Waals surface area (Å²) in [6.45, 7) is 7.81. The molecule has 0 aromatic rings. The Balaban J connectivity index is 2.00. The van der Waals surface area contributed by atoms with Crippen LogP contribution in [0.25, 0.3) is 0 Å². The van der Waals surface area contributed by atoms with Crippen molar-refractivity contribution in [2.45, 2.75) is 58.6 Å². The minimum Gasteiger partial charge on any atom is -0.444 e. The van der Waals surface area contributed by atoms with Crippen molar-refractivity contribution in [2.75, 3.05) is 0 Å². The third-order valence-corrected chi connectivity index (χ3v) is 4.09. The van der Waals surface area contributed by atoms with Crippen LogP contribution in [0.2, 0.25) is 0 Å². The molecule has 0 saturated heterocycles. The van der Waals surface area contributed by atoms with Crippen molar-refractivity contribution in [3.8, 4) is 0 Å². The van der Waals surface area contributed by atoms with E-state index in [1.807, 2.05) is 20.8 Å². The Morgan fingerprint density at radius 3 is 2.61 bits per heavy atom. The van der Waals surface area contributed by atoms with Crippen LogP contribution in [0.15, 0.2) is 48.1 Å². The molecule has 0 saturated carbocycles. The van der Waals surface area contributed by atoms with E-state index in [0.29, 0.717) is 11.8 Å². The lowest BCUT2D eigenvalue weighted by Gasteiger charge is -2.30. The molecular weight excluding hydrogens is 286 g/mol. The van der Waals surface area contributed by atoms with E-state index in [0.717, 1.165) is 19.3 Å². The molecule has 1 N–H and O–H groups in total. The third-order valence-electron chi connectivity index (χ3n) is 4.09. The van der Waals surface area contributed by atoms with Gasteiger partial charge in [0.25, 0.3) is 0 Å². The summed E-state index contributed by atoms with van der Waals surface area (Å²) in [7, 11) is 0. The Labute approximate surface area is 140 Å². The average molecular weight is 315 g/mol. The van der Waals surface area contributed by atoms with Crippen LogP contribution in [0.4, 0.5) is 4.79 Å². The lowest BCUT2D eigenvalue weighted by atomic mass is 9.77. The number of hydrogen-bond acceptors (Lipinski definition) is 2. The number of carbonyl (C=O) groups is 1. The van der Waals surface area contributed by atoms with Crippen molar-refractivity contribution in [1.82, 2.24) is 5.32 Å². The first kappa shape index (κ1) is 17.6. The fourth-order valence-corrected chi connectivity index (χ4v) is 3.13. The van der Waals surface area contributed by atoms with Gasteiger partial charge in [0.1, 0.15) is 5.60 Å². The quantitative estimate of drug-likeness (QED) is 0.781. The van der Waals surface area contributed by atoms with Gasteiger partial charge in [0, 0.05) is 17.9 Å². The van der Waals surface area contributed by atoms with Gasteiger partial charge < -0.3 is 10.1 Å². The molecule has 0 heterocycles. The second-order valence-corrected chi connectivity index (χ2v) is 7.34. The minimum absolute atomic E-state index is 0.118. The predicted molar refractivity (Wildman–Crippen MR) is 95.2 cm³/mol. The molecule has 0 bridgehead atoms. The second-order valence-electron chi connectivity index (χ2n) is 7.34. The van der Waals surface area contributed by atoms with E-state index >= 15 is 0 Å². The summed E-state index contributed by atoms with van der Waals surface area (Å²) in [5.74, 6) is 0.869. The molecular formula is C20H29NO2. The molecule has 0 aliphatic heterocycles. The Kier molecular flexibility index (Phi) is 5.86. The topological polar surface area (TPSA) is 38.3 Å². The Morgan fingerprint density at radius 2 is 1.91 bits per heavy atom. The smallest absolute Gasteiger partial charge is 0.407 e. The largest absolute Gasteiger partial charge is 0.444 e. The normalized spacial score (nSPS) is 23.9. The van der Waals surface area contributed by atoms with Crippen molar-refractivity contribution in [2.24, 2.45) is 11.8 Å². The number of hydrogen-bond donors (Lipinski definition) is 1. The van der Waals surface area contributed by atoms with Gasteiger partial charge >= 0.3 is 6.09 Å². The van der Waals surface area contributed by atoms with Gasteiger partial charge in [-0.05, 0) is 33.6 Å². The van der Waals surface area contributed by atoms with Gasteiger partial charge in [-0.25, -0.2) is 4.79 Å². The first-order valence-electron chi connectivity index (χ1n) is 8.61. The maximum Gasteiger partial charge on any atom is 0.407 e. The van der Waals surface area contributed by atoms with Gasteiger partial charge in [-0.15, -0.1) is 0 Å². The van der Waals surface area contributed by atoms with Gasteiger partial charge in [-0.3, -0.25) is 0 Å². The Bertz CT molecular complexity index is 534. The Morgan fingerprint density at radius 1 is 1.22 bits per heavy atom. The summed E-state index contributed by atoms with van der Waals surface area (Å²) >= 11 is 0. The maximum absolute atomic E-state index is 12.1. The van der Waals surface area contributed by atoms with Crippen molar-refractivity contribution in [3.05, 3.63) is 48.1 Å². The van der Waals surface area contributed by atoms with Gasteiger partial charge in [0.05, 0.1) is 0 Å². The molecule has 2 rings (SSSR count). The molecule has 0 aromatic heterocycles. The number of alkyl carbamates (subject to hydrolysis) is 1. The van der Waals surface area contributed by atoms with Crippen LogP contribution in [0.1, 0.15) is 47.0 Å². The van der Waals surface area contributed by atoms with Crippen LogP contribution in [-0.4, -0.2) is 17.7 Å². The molecule has 0 spiro atoms. The first-order valence-corrected chi connectivity index (χ1v) is 8.61. The zero-order valence-corrected chi connectivity index (χ0v) is 14.7. The van der Waals surface area contributed by atoms with Crippen LogP contribution < -0.4 is 5.32 Å². The number of nitrogens with one attached hydrogen (secondary N) is 1. The van der Waals surface area contributed by atoms with E-state index in [9.17, 15) is 4.79 Å². The molecule has 0 radical (unpaired) electrons. The SMILES string of the molecule is CCC[C@@H](CC1=CC=CC2C=CC=CC12)NC(=O)OC(C)(C)C. The van der Waals surface area contributed by atoms with Crippen molar-refractivity contribution in [1.29, 1.82) is 0 Å².